The van der Waals surface area contributed by atoms with Gasteiger partial charge < -0.3 is 18.9 Å². The van der Waals surface area contributed by atoms with Crippen LogP contribution in [0.1, 0.15) is 58.8 Å². The molecule has 12 heteroatoms. The van der Waals surface area contributed by atoms with Gasteiger partial charge >= 0.3 is 11.9 Å². The molecule has 1 heterocycles. The van der Waals surface area contributed by atoms with Crippen molar-refractivity contribution in [3.8, 4) is 17.2 Å². The van der Waals surface area contributed by atoms with Gasteiger partial charge in [0.25, 0.3) is 5.91 Å². The number of carbonyl (C=O) groups excluding carboxylic acids is 3. The van der Waals surface area contributed by atoms with E-state index >= 15 is 0 Å². The summed E-state index contributed by atoms with van der Waals surface area (Å²) in [6.07, 6.45) is 0. The van der Waals surface area contributed by atoms with Crippen LogP contribution in [0.25, 0.3) is 0 Å². The van der Waals surface area contributed by atoms with Crippen molar-refractivity contribution in [1.82, 2.24) is 4.72 Å². The molecule has 0 radical (unpaired) electrons. The average Bonchev–Trinajstić information content (AvgIpc) is 2.89. The number of carbonyl (C=O) groups is 3. The van der Waals surface area contributed by atoms with Gasteiger partial charge in [-0.25, -0.2) is 17.9 Å². The van der Waals surface area contributed by atoms with E-state index in [1.54, 1.807) is 54.5 Å². The molecule has 2 aromatic carbocycles. The van der Waals surface area contributed by atoms with Gasteiger partial charge in [0.2, 0.25) is 10.0 Å². The molecule has 0 saturated heterocycles. The van der Waals surface area contributed by atoms with Crippen LogP contribution in [-0.4, -0.2) is 57.2 Å². The number of esters is 2. The van der Waals surface area contributed by atoms with Gasteiger partial charge in [-0.1, -0.05) is 13.0 Å². The van der Waals surface area contributed by atoms with Gasteiger partial charge in [0.1, 0.15) is 34.8 Å². The molecule has 0 atom stereocenters. The Morgan fingerprint density at radius 2 is 1.59 bits per heavy atom. The van der Waals surface area contributed by atoms with E-state index in [0.717, 1.165) is 4.90 Å². The van der Waals surface area contributed by atoms with Crippen molar-refractivity contribution in [3.63, 3.8) is 0 Å². The van der Waals surface area contributed by atoms with Crippen LogP contribution in [0.3, 0.4) is 0 Å². The van der Waals surface area contributed by atoms with E-state index in [2.05, 4.69) is 4.72 Å². The molecule has 11 nitrogen and oxygen atoms in total. The number of hydrogen-bond acceptors (Lipinski definition) is 9. The summed E-state index contributed by atoms with van der Waals surface area (Å²) >= 11 is 0. The summed E-state index contributed by atoms with van der Waals surface area (Å²) in [5, 5.41) is 0. The molecule has 0 unspecified atom stereocenters. The van der Waals surface area contributed by atoms with Gasteiger partial charge in [-0.05, 0) is 71.9 Å². The number of anilines is 1. The Balaban J connectivity index is 2.08. The fourth-order valence-electron chi connectivity index (χ4n) is 3.69. The Hall–Kier alpha value is -3.64. The van der Waals surface area contributed by atoms with Crippen molar-refractivity contribution in [2.45, 2.75) is 64.6 Å². The number of ether oxygens (including phenoxy) is 4. The summed E-state index contributed by atoms with van der Waals surface area (Å²) in [4.78, 5) is 40.0. The molecular formula is C27H34N2O9S. The Labute approximate surface area is 228 Å². The van der Waals surface area contributed by atoms with Crippen molar-refractivity contribution in [2.75, 3.05) is 24.6 Å². The number of rotatable bonds is 8. The first kappa shape index (κ1) is 29.9. The molecule has 1 aliphatic heterocycles. The van der Waals surface area contributed by atoms with Crippen molar-refractivity contribution in [2.24, 2.45) is 0 Å². The number of sulfonamides is 1. The molecule has 1 aliphatic rings. The van der Waals surface area contributed by atoms with Crippen LogP contribution in [0.4, 0.5) is 5.69 Å². The maximum Gasteiger partial charge on any atom is 0.344 e. The SMILES string of the molecule is CCNS(=O)(=O)c1ccc2c(c1)N(CC(=O)OC(C)(C)C)C(=O)c1c(OCC(=O)OC(C)(C)C)cccc1O2. The molecule has 0 fully saturated rings. The second kappa shape index (κ2) is 11.2. The topological polar surface area (TPSA) is 138 Å². The minimum Gasteiger partial charge on any atom is -0.481 e. The molecule has 0 bridgehead atoms. The monoisotopic (exact) mass is 562 g/mol. The second-order valence-electron chi connectivity index (χ2n) is 10.7. The highest BCUT2D eigenvalue weighted by Gasteiger charge is 2.35. The number of benzene rings is 2. The molecule has 2 aromatic rings. The van der Waals surface area contributed by atoms with Crippen LogP contribution < -0.4 is 19.1 Å². The summed E-state index contributed by atoms with van der Waals surface area (Å²) in [7, 11) is -3.90. The minimum atomic E-state index is -3.90. The maximum absolute atomic E-state index is 14.0. The van der Waals surface area contributed by atoms with E-state index in [9.17, 15) is 22.8 Å². The summed E-state index contributed by atoms with van der Waals surface area (Å²) in [5.74, 6) is -1.84. The van der Waals surface area contributed by atoms with Gasteiger partial charge in [-0.3, -0.25) is 14.5 Å². The molecule has 212 valence electrons. The van der Waals surface area contributed by atoms with Crippen molar-refractivity contribution in [3.05, 3.63) is 42.0 Å². The van der Waals surface area contributed by atoms with Crippen LogP contribution in [0.2, 0.25) is 0 Å². The van der Waals surface area contributed by atoms with Crippen LogP contribution in [0.5, 0.6) is 17.2 Å². The van der Waals surface area contributed by atoms with Gasteiger partial charge in [0.15, 0.2) is 12.4 Å². The fraction of sp³-hybridized carbons (Fsp3) is 0.444. The molecule has 0 aromatic heterocycles. The zero-order valence-electron chi connectivity index (χ0n) is 23.1. The largest absolute Gasteiger partial charge is 0.481 e. The van der Waals surface area contributed by atoms with Crippen LogP contribution in [0.15, 0.2) is 41.3 Å². The molecule has 1 N–H and O–H groups in total. The van der Waals surface area contributed by atoms with Crippen molar-refractivity contribution >= 4 is 33.6 Å². The minimum absolute atomic E-state index is 0.0193. The first-order chi connectivity index (χ1) is 18.0. The Kier molecular flexibility index (Phi) is 8.61. The van der Waals surface area contributed by atoms with Crippen molar-refractivity contribution < 1.29 is 41.7 Å². The lowest BCUT2D eigenvalue weighted by Crippen LogP contribution is -2.39. The third kappa shape index (κ3) is 7.70. The van der Waals surface area contributed by atoms with Crippen molar-refractivity contribution in [1.29, 1.82) is 0 Å². The normalized spacial score (nSPS) is 13.5. The lowest BCUT2D eigenvalue weighted by molar-refractivity contribution is -0.157. The van der Waals surface area contributed by atoms with Crippen LogP contribution in [0, 0.1) is 0 Å². The Morgan fingerprint density at radius 1 is 0.949 bits per heavy atom. The fourth-order valence-corrected chi connectivity index (χ4v) is 4.75. The first-order valence-electron chi connectivity index (χ1n) is 12.3. The molecular weight excluding hydrogens is 528 g/mol. The van der Waals surface area contributed by atoms with E-state index < -0.39 is 52.2 Å². The van der Waals surface area contributed by atoms with Gasteiger partial charge in [-0.2, -0.15) is 0 Å². The third-order valence-electron chi connectivity index (χ3n) is 5.01. The zero-order valence-corrected chi connectivity index (χ0v) is 23.9. The first-order valence-corrected chi connectivity index (χ1v) is 13.8. The molecule has 0 saturated carbocycles. The van der Waals surface area contributed by atoms with E-state index in [1.807, 2.05) is 0 Å². The molecule has 39 heavy (non-hydrogen) atoms. The van der Waals surface area contributed by atoms with Crippen LogP contribution in [-0.2, 0) is 29.1 Å². The number of hydrogen-bond donors (Lipinski definition) is 1. The van der Waals surface area contributed by atoms with Gasteiger partial charge in [-0.15, -0.1) is 0 Å². The molecule has 1 amide bonds. The van der Waals surface area contributed by atoms with Gasteiger partial charge in [0.05, 0.1) is 10.6 Å². The quantitative estimate of drug-likeness (QED) is 0.476. The highest BCUT2D eigenvalue weighted by Crippen LogP contribution is 2.43. The predicted molar refractivity (Wildman–Crippen MR) is 143 cm³/mol. The highest BCUT2D eigenvalue weighted by atomic mass is 32.2. The molecule has 0 spiro atoms. The smallest absolute Gasteiger partial charge is 0.344 e. The molecule has 0 aliphatic carbocycles. The second-order valence-corrected chi connectivity index (χ2v) is 12.5. The van der Waals surface area contributed by atoms with E-state index in [4.69, 9.17) is 18.9 Å². The summed E-state index contributed by atoms with van der Waals surface area (Å²) < 4.78 is 50.2. The van der Waals surface area contributed by atoms with Gasteiger partial charge in [0, 0.05) is 6.54 Å². The third-order valence-corrected chi connectivity index (χ3v) is 6.55. The average molecular weight is 563 g/mol. The van der Waals surface area contributed by atoms with E-state index in [0.29, 0.717) is 0 Å². The van der Waals surface area contributed by atoms with E-state index in [1.165, 1.54) is 30.3 Å². The standard InChI is InChI=1S/C27H34N2O9S/c1-8-28-39(33,34)17-12-13-19-18(14-17)29(15-22(30)37-26(2,3)4)25(32)24-20(10-9-11-21(24)36-19)35-16-23(31)38-27(5,6)7/h9-14,28H,8,15-16H2,1-7H3. The Morgan fingerprint density at radius 3 is 2.21 bits per heavy atom. The van der Waals surface area contributed by atoms with Crippen LogP contribution >= 0.6 is 0 Å². The highest BCUT2D eigenvalue weighted by molar-refractivity contribution is 7.89. The maximum atomic E-state index is 14.0. The number of fused-ring (bicyclic) bond motifs is 2. The lowest BCUT2D eigenvalue weighted by atomic mass is 10.1. The number of amides is 1. The predicted octanol–water partition coefficient (Wildman–Crippen LogP) is 3.80. The number of nitrogens with zero attached hydrogens (tertiary/aromatic N) is 1. The lowest BCUT2D eigenvalue weighted by Gasteiger charge is -2.25. The van der Waals surface area contributed by atoms with E-state index in [-0.39, 0.29) is 39.9 Å². The Bertz CT molecular complexity index is 1370. The zero-order chi connectivity index (χ0) is 29.2. The summed E-state index contributed by atoms with van der Waals surface area (Å²) in [6, 6.07) is 8.57. The molecule has 3 rings (SSSR count). The summed E-state index contributed by atoms with van der Waals surface area (Å²) in [5.41, 5.74) is -1.58. The summed E-state index contributed by atoms with van der Waals surface area (Å²) in [6.45, 7) is 11.0. The number of nitrogens with one attached hydrogen (secondary N) is 1.